The second kappa shape index (κ2) is 6.98. The van der Waals surface area contributed by atoms with E-state index in [9.17, 15) is 9.00 Å². The molecule has 1 amide bonds. The van der Waals surface area contributed by atoms with Crippen molar-refractivity contribution >= 4 is 16.7 Å². The smallest absolute Gasteiger partial charge is 0.269 e. The van der Waals surface area contributed by atoms with Crippen LogP contribution in [-0.2, 0) is 22.2 Å². The maximum Gasteiger partial charge on any atom is 0.274 e. The van der Waals surface area contributed by atoms with Crippen molar-refractivity contribution in [3.05, 3.63) is 65.7 Å². The number of rotatable bonds is 5. The molecule has 2 aromatic carbocycles. The van der Waals surface area contributed by atoms with Crippen LogP contribution in [0.4, 0.5) is 0 Å². The number of hydrogen-bond acceptors (Lipinski definition) is 3. The molecular weight excluding hydrogens is 274 g/mol. The van der Waals surface area contributed by atoms with E-state index in [0.29, 0.717) is 17.1 Å². The Hall–Kier alpha value is -1.98. The summed E-state index contributed by atoms with van der Waals surface area (Å²) >= 11 is 0. The second-order valence-corrected chi connectivity index (χ2v) is 5.56. The molecule has 0 aliphatic rings. The Labute approximate surface area is 120 Å². The Morgan fingerprint density at radius 3 is 2.35 bits per heavy atom. The van der Waals surface area contributed by atoms with E-state index in [1.54, 1.807) is 30.5 Å². The van der Waals surface area contributed by atoms with Crippen LogP contribution < -0.4 is 5.48 Å². The Morgan fingerprint density at radius 1 is 1.10 bits per heavy atom. The van der Waals surface area contributed by atoms with E-state index in [1.165, 1.54) is 0 Å². The van der Waals surface area contributed by atoms with Crippen LogP contribution in [0.15, 0.2) is 59.5 Å². The van der Waals surface area contributed by atoms with Crippen LogP contribution >= 0.6 is 0 Å². The SMILES string of the molecule is C[S@](=O)c1ccc(C(=O)NOCc2ccccc2)cc1. The Kier molecular flexibility index (Phi) is 5.03. The summed E-state index contributed by atoms with van der Waals surface area (Å²) < 4.78 is 11.2. The lowest BCUT2D eigenvalue weighted by Gasteiger charge is -2.06. The first-order valence-electron chi connectivity index (χ1n) is 6.06. The summed E-state index contributed by atoms with van der Waals surface area (Å²) in [5.41, 5.74) is 3.82. The summed E-state index contributed by atoms with van der Waals surface area (Å²) in [6.07, 6.45) is 1.60. The number of carbonyl (C=O) groups excluding carboxylic acids is 1. The number of nitrogens with one attached hydrogen (secondary N) is 1. The molecule has 1 atom stereocenters. The predicted octanol–water partition coefficient (Wildman–Crippen LogP) is 2.29. The highest BCUT2D eigenvalue weighted by Gasteiger charge is 2.06. The van der Waals surface area contributed by atoms with Crippen molar-refractivity contribution in [1.82, 2.24) is 5.48 Å². The van der Waals surface area contributed by atoms with Crippen LogP contribution in [0.2, 0.25) is 0 Å². The molecule has 20 heavy (non-hydrogen) atoms. The van der Waals surface area contributed by atoms with Gasteiger partial charge in [0.05, 0.1) is 6.61 Å². The maximum absolute atomic E-state index is 11.8. The fourth-order valence-corrected chi connectivity index (χ4v) is 2.14. The van der Waals surface area contributed by atoms with Crippen LogP contribution in [-0.4, -0.2) is 16.4 Å². The van der Waals surface area contributed by atoms with Gasteiger partial charge in [-0.3, -0.25) is 13.8 Å². The zero-order valence-electron chi connectivity index (χ0n) is 11.0. The molecule has 0 heterocycles. The van der Waals surface area contributed by atoms with E-state index in [4.69, 9.17) is 4.84 Å². The maximum atomic E-state index is 11.8. The molecule has 5 heteroatoms. The third kappa shape index (κ3) is 4.01. The molecule has 104 valence electrons. The lowest BCUT2D eigenvalue weighted by Crippen LogP contribution is -2.23. The molecule has 4 nitrogen and oxygen atoms in total. The van der Waals surface area contributed by atoms with Crippen LogP contribution in [0.25, 0.3) is 0 Å². The number of hydrogen-bond donors (Lipinski definition) is 1. The van der Waals surface area contributed by atoms with Crippen LogP contribution in [0.5, 0.6) is 0 Å². The van der Waals surface area contributed by atoms with Gasteiger partial charge in [-0.15, -0.1) is 0 Å². The molecule has 0 aliphatic heterocycles. The Morgan fingerprint density at radius 2 is 1.75 bits per heavy atom. The zero-order chi connectivity index (χ0) is 14.4. The van der Waals surface area contributed by atoms with E-state index in [1.807, 2.05) is 30.3 Å². The van der Waals surface area contributed by atoms with Gasteiger partial charge in [0.1, 0.15) is 0 Å². The largest absolute Gasteiger partial charge is 0.274 e. The number of benzene rings is 2. The third-order valence-electron chi connectivity index (χ3n) is 2.69. The lowest BCUT2D eigenvalue weighted by molar-refractivity contribution is 0.0233. The van der Waals surface area contributed by atoms with Crippen LogP contribution in [0, 0.1) is 0 Å². The molecule has 0 unspecified atom stereocenters. The summed E-state index contributed by atoms with van der Waals surface area (Å²) in [4.78, 5) is 17.6. The summed E-state index contributed by atoms with van der Waals surface area (Å²) in [6, 6.07) is 16.1. The molecule has 2 aromatic rings. The van der Waals surface area contributed by atoms with Crippen molar-refractivity contribution in [3.8, 4) is 0 Å². The summed E-state index contributed by atoms with van der Waals surface area (Å²) in [5, 5.41) is 0. The fraction of sp³-hybridized carbons (Fsp3) is 0.133. The van der Waals surface area contributed by atoms with Crippen molar-refractivity contribution in [1.29, 1.82) is 0 Å². The molecule has 1 N–H and O–H groups in total. The Balaban J connectivity index is 1.87. The zero-order valence-corrected chi connectivity index (χ0v) is 11.9. The first kappa shape index (κ1) is 14.4. The summed E-state index contributed by atoms with van der Waals surface area (Å²) in [6.45, 7) is 0.309. The molecule has 0 bridgehead atoms. The fourth-order valence-electron chi connectivity index (χ4n) is 1.62. The van der Waals surface area contributed by atoms with E-state index >= 15 is 0 Å². The molecular formula is C15H15NO3S. The van der Waals surface area contributed by atoms with Crippen molar-refractivity contribution in [2.75, 3.05) is 6.26 Å². The van der Waals surface area contributed by atoms with Crippen molar-refractivity contribution in [3.63, 3.8) is 0 Å². The number of amides is 1. The molecule has 0 aliphatic carbocycles. The van der Waals surface area contributed by atoms with E-state index in [-0.39, 0.29) is 5.91 Å². The van der Waals surface area contributed by atoms with E-state index in [0.717, 1.165) is 5.56 Å². The number of hydroxylamine groups is 1. The molecule has 0 saturated carbocycles. The van der Waals surface area contributed by atoms with Gasteiger partial charge in [-0.2, -0.15) is 0 Å². The minimum Gasteiger partial charge on any atom is -0.269 e. The number of carbonyl (C=O) groups is 1. The van der Waals surface area contributed by atoms with Gasteiger partial charge < -0.3 is 0 Å². The highest BCUT2D eigenvalue weighted by Crippen LogP contribution is 2.07. The lowest BCUT2D eigenvalue weighted by atomic mass is 10.2. The quantitative estimate of drug-likeness (QED) is 0.859. The Bertz CT molecular complexity index is 596. The molecule has 0 spiro atoms. The van der Waals surface area contributed by atoms with E-state index in [2.05, 4.69) is 5.48 Å². The standard InChI is InChI=1S/C15H15NO3S/c1-20(18)14-9-7-13(8-10-14)15(17)16-19-11-12-5-3-2-4-6-12/h2-10H,11H2,1H3,(H,16,17)/t20-/m0/s1. The molecule has 0 saturated heterocycles. The first-order valence-corrected chi connectivity index (χ1v) is 7.62. The van der Waals surface area contributed by atoms with Gasteiger partial charge in [0.2, 0.25) is 0 Å². The van der Waals surface area contributed by atoms with Crippen LogP contribution in [0.1, 0.15) is 15.9 Å². The molecule has 0 aromatic heterocycles. The summed E-state index contributed by atoms with van der Waals surface area (Å²) in [7, 11) is -1.04. The topological polar surface area (TPSA) is 55.4 Å². The molecule has 0 radical (unpaired) electrons. The average Bonchev–Trinajstić information content (AvgIpc) is 2.48. The average molecular weight is 289 g/mol. The normalized spacial score (nSPS) is 11.8. The minimum atomic E-state index is -1.04. The van der Waals surface area contributed by atoms with Gasteiger partial charge in [-0.05, 0) is 29.8 Å². The van der Waals surface area contributed by atoms with Gasteiger partial charge in [-0.25, -0.2) is 5.48 Å². The van der Waals surface area contributed by atoms with Crippen LogP contribution in [0.3, 0.4) is 0 Å². The van der Waals surface area contributed by atoms with E-state index < -0.39 is 10.8 Å². The van der Waals surface area contributed by atoms with Gasteiger partial charge in [0, 0.05) is 27.5 Å². The molecule has 2 rings (SSSR count). The van der Waals surface area contributed by atoms with Gasteiger partial charge in [0.25, 0.3) is 5.91 Å². The second-order valence-electron chi connectivity index (χ2n) is 4.18. The monoisotopic (exact) mass is 289 g/mol. The van der Waals surface area contributed by atoms with Crippen molar-refractivity contribution < 1.29 is 13.8 Å². The highest BCUT2D eigenvalue weighted by atomic mass is 32.2. The first-order chi connectivity index (χ1) is 9.66. The van der Waals surface area contributed by atoms with Crippen molar-refractivity contribution in [2.45, 2.75) is 11.5 Å². The predicted molar refractivity (Wildman–Crippen MR) is 77.5 cm³/mol. The third-order valence-corrected chi connectivity index (χ3v) is 3.63. The van der Waals surface area contributed by atoms with Gasteiger partial charge >= 0.3 is 0 Å². The highest BCUT2D eigenvalue weighted by molar-refractivity contribution is 7.84. The van der Waals surface area contributed by atoms with Crippen molar-refractivity contribution in [2.24, 2.45) is 0 Å². The minimum absolute atomic E-state index is 0.309. The summed E-state index contributed by atoms with van der Waals surface area (Å²) in [5.74, 6) is -0.325. The van der Waals surface area contributed by atoms with Gasteiger partial charge in [-0.1, -0.05) is 30.3 Å². The van der Waals surface area contributed by atoms with Gasteiger partial charge in [0.15, 0.2) is 0 Å². The molecule has 0 fully saturated rings.